The van der Waals surface area contributed by atoms with Crippen molar-refractivity contribution in [1.82, 2.24) is 14.8 Å². The molecule has 0 fully saturated rings. The van der Waals surface area contributed by atoms with Crippen molar-refractivity contribution < 1.29 is 0 Å². The van der Waals surface area contributed by atoms with Crippen LogP contribution in [0.15, 0.2) is 18.5 Å². The topological polar surface area (TPSA) is 30.7 Å². The zero-order chi connectivity index (χ0) is 11.4. The average Bonchev–Trinajstić information content (AvgIpc) is 2.47. The third-order valence-electron chi connectivity index (χ3n) is 1.77. The van der Waals surface area contributed by atoms with Gasteiger partial charge in [0.1, 0.15) is 0 Å². The molecule has 0 bridgehead atoms. The van der Waals surface area contributed by atoms with Crippen molar-refractivity contribution in [1.29, 1.82) is 0 Å². The van der Waals surface area contributed by atoms with Crippen LogP contribution in [-0.4, -0.2) is 14.8 Å². The maximum Gasteiger partial charge on any atom is 0.0977 e. The first-order valence-corrected chi connectivity index (χ1v) is 5.25. The van der Waals surface area contributed by atoms with Gasteiger partial charge in [-0.05, 0) is 18.9 Å². The summed E-state index contributed by atoms with van der Waals surface area (Å²) in [6, 6.07) is 1.97. The van der Waals surface area contributed by atoms with Gasteiger partial charge in [0, 0.05) is 25.0 Å². The summed E-state index contributed by atoms with van der Waals surface area (Å²) in [6.45, 7) is 8.47. The van der Waals surface area contributed by atoms with Crippen LogP contribution in [0.1, 0.15) is 26.5 Å². The third kappa shape index (κ3) is 3.35. The Bertz CT molecular complexity index is 387. The second-order valence-electron chi connectivity index (χ2n) is 4.43. The second-order valence-corrected chi connectivity index (χ2v) is 4.43. The fraction of sp³-hybridized carbons (Fsp3) is 0.500. The fourth-order valence-electron chi connectivity index (χ4n) is 1.14. The Hall–Kier alpha value is -1.38. The molecule has 0 saturated heterocycles. The molecule has 0 aromatic carbocycles. The average molecular weight is 205 g/mol. The minimum atomic E-state index is 0.833. The van der Waals surface area contributed by atoms with Gasteiger partial charge in [0.2, 0.25) is 0 Å². The first-order valence-electron chi connectivity index (χ1n) is 5.25. The van der Waals surface area contributed by atoms with Crippen LogP contribution >= 0.6 is 0 Å². The van der Waals surface area contributed by atoms with Crippen LogP contribution in [0, 0.1) is 12.8 Å². The van der Waals surface area contributed by atoms with E-state index in [0.717, 1.165) is 22.9 Å². The van der Waals surface area contributed by atoms with E-state index in [1.807, 2.05) is 37.0 Å². The summed E-state index contributed by atoms with van der Waals surface area (Å²) in [6.07, 6.45) is 4.00. The van der Waals surface area contributed by atoms with Crippen LogP contribution in [0.2, 0.25) is 0 Å². The number of aromatic nitrogens is 3. The van der Waals surface area contributed by atoms with Crippen LogP contribution in [0.4, 0.5) is 0 Å². The molecule has 0 N–H and O–H groups in total. The molecule has 0 amide bonds. The first kappa shape index (κ1) is 11.7. The highest BCUT2D eigenvalue weighted by Crippen LogP contribution is 2.20. The maximum atomic E-state index is 4.00. The van der Waals surface area contributed by atoms with Gasteiger partial charge in [0.05, 0.1) is 11.4 Å². The quantitative estimate of drug-likeness (QED) is 0.662. The molecule has 3 nitrogen and oxygen atoms in total. The van der Waals surface area contributed by atoms with Crippen LogP contribution in [0.3, 0.4) is 0 Å². The van der Waals surface area contributed by atoms with Gasteiger partial charge < -0.3 is 4.57 Å². The molecule has 2 aliphatic rings. The first-order chi connectivity index (χ1) is 7.00. The molecule has 2 rings (SSSR count). The van der Waals surface area contributed by atoms with E-state index in [1.54, 1.807) is 0 Å². The summed E-state index contributed by atoms with van der Waals surface area (Å²) in [5, 5.41) is 7.97. The Morgan fingerprint density at radius 3 is 2.40 bits per heavy atom. The molecule has 2 aliphatic heterocycles. The van der Waals surface area contributed by atoms with E-state index in [-0.39, 0.29) is 0 Å². The monoisotopic (exact) mass is 205 g/mol. The minimum Gasteiger partial charge on any atom is -0.356 e. The van der Waals surface area contributed by atoms with Gasteiger partial charge in [-0.1, -0.05) is 20.8 Å². The van der Waals surface area contributed by atoms with Gasteiger partial charge in [-0.25, -0.2) is 0 Å². The fourth-order valence-corrected chi connectivity index (χ4v) is 1.14. The number of hydrogen-bond acceptors (Lipinski definition) is 2. The van der Waals surface area contributed by atoms with E-state index in [4.69, 9.17) is 0 Å². The predicted molar refractivity (Wildman–Crippen MR) is 62.9 cm³/mol. The molecule has 82 valence electrons. The van der Waals surface area contributed by atoms with E-state index in [9.17, 15) is 0 Å². The molecular formula is C12H19N3. The molecule has 0 aliphatic carbocycles. The largest absolute Gasteiger partial charge is 0.356 e. The van der Waals surface area contributed by atoms with E-state index < -0.39 is 0 Å². The normalized spacial score (nSPS) is 10.3. The van der Waals surface area contributed by atoms with Crippen LogP contribution in [0.25, 0.3) is 11.3 Å². The Morgan fingerprint density at radius 2 is 1.80 bits per heavy atom. The molecule has 0 unspecified atom stereocenters. The van der Waals surface area contributed by atoms with Crippen molar-refractivity contribution in [2.45, 2.75) is 27.7 Å². The van der Waals surface area contributed by atoms with Crippen LogP contribution in [-0.2, 0) is 7.05 Å². The predicted octanol–water partition coefficient (Wildman–Crippen LogP) is 2.89. The number of nitrogens with zero attached hydrogens (tertiary/aromatic N) is 3. The SMILES string of the molecule is CC(C)C.Cc1nnc2ccn(C)cc1-2. The summed E-state index contributed by atoms with van der Waals surface area (Å²) < 4.78 is 2.00. The van der Waals surface area contributed by atoms with Gasteiger partial charge in [-0.15, -0.1) is 0 Å². The lowest BCUT2D eigenvalue weighted by Crippen LogP contribution is -1.90. The summed E-state index contributed by atoms with van der Waals surface area (Å²) in [5.74, 6) is 0.833. The molecule has 2 heterocycles. The summed E-state index contributed by atoms with van der Waals surface area (Å²) >= 11 is 0. The van der Waals surface area contributed by atoms with Crippen molar-refractivity contribution in [2.24, 2.45) is 13.0 Å². The van der Waals surface area contributed by atoms with Gasteiger partial charge in [-0.3, -0.25) is 0 Å². The molecule has 0 saturated carbocycles. The Kier molecular flexibility index (Phi) is 3.83. The van der Waals surface area contributed by atoms with Crippen molar-refractivity contribution in [3.8, 4) is 11.3 Å². The lowest BCUT2D eigenvalue weighted by molar-refractivity contribution is 0.737. The molecule has 0 radical (unpaired) electrons. The molecule has 0 atom stereocenters. The zero-order valence-electron chi connectivity index (χ0n) is 10.2. The van der Waals surface area contributed by atoms with Crippen molar-refractivity contribution in [3.63, 3.8) is 0 Å². The van der Waals surface area contributed by atoms with Gasteiger partial charge >= 0.3 is 0 Å². The molecule has 0 spiro atoms. The number of hydrogen-bond donors (Lipinski definition) is 0. The zero-order valence-corrected chi connectivity index (χ0v) is 10.2. The number of fused-ring (bicyclic) bond motifs is 1. The highest BCUT2D eigenvalue weighted by Gasteiger charge is 2.07. The second kappa shape index (κ2) is 4.91. The van der Waals surface area contributed by atoms with E-state index in [0.29, 0.717) is 0 Å². The third-order valence-corrected chi connectivity index (χ3v) is 1.77. The molecule has 0 aromatic rings. The van der Waals surface area contributed by atoms with Gasteiger partial charge in [0.25, 0.3) is 0 Å². The van der Waals surface area contributed by atoms with Crippen molar-refractivity contribution in [2.75, 3.05) is 0 Å². The van der Waals surface area contributed by atoms with Gasteiger partial charge in [-0.2, -0.15) is 10.2 Å². The van der Waals surface area contributed by atoms with E-state index in [2.05, 4.69) is 31.0 Å². The number of pyridine rings is 1. The van der Waals surface area contributed by atoms with Crippen LogP contribution in [0.5, 0.6) is 0 Å². The summed E-state index contributed by atoms with van der Waals surface area (Å²) in [4.78, 5) is 0. The Balaban J connectivity index is 0.000000245. The lowest BCUT2D eigenvalue weighted by Gasteiger charge is -2.00. The van der Waals surface area contributed by atoms with Gasteiger partial charge in [0.15, 0.2) is 0 Å². The van der Waals surface area contributed by atoms with Crippen molar-refractivity contribution >= 4 is 0 Å². The number of rotatable bonds is 0. The molecule has 3 heteroatoms. The molecule has 0 aromatic heterocycles. The lowest BCUT2D eigenvalue weighted by atomic mass is 10.2. The maximum absolute atomic E-state index is 4.00. The summed E-state index contributed by atoms with van der Waals surface area (Å²) in [7, 11) is 1.99. The van der Waals surface area contributed by atoms with Crippen LogP contribution < -0.4 is 0 Å². The van der Waals surface area contributed by atoms with Crippen molar-refractivity contribution in [3.05, 3.63) is 24.2 Å². The summed E-state index contributed by atoms with van der Waals surface area (Å²) in [5.41, 5.74) is 3.10. The number of aryl methyl sites for hydroxylation is 2. The Labute approximate surface area is 91.5 Å². The highest BCUT2D eigenvalue weighted by molar-refractivity contribution is 5.61. The van der Waals surface area contributed by atoms with E-state index >= 15 is 0 Å². The Morgan fingerprint density at radius 1 is 1.20 bits per heavy atom. The highest BCUT2D eigenvalue weighted by atomic mass is 15.1. The smallest absolute Gasteiger partial charge is 0.0977 e. The molecular weight excluding hydrogens is 186 g/mol. The molecule has 15 heavy (non-hydrogen) atoms. The minimum absolute atomic E-state index is 0.833. The van der Waals surface area contributed by atoms with E-state index in [1.165, 1.54) is 0 Å². The standard InChI is InChI=1S/C8H9N3.C4H10/c1-6-7-5-11(2)4-3-8(7)10-9-6;1-4(2)3/h3-5H,1-2H3;4H,1-3H3.